The predicted molar refractivity (Wildman–Crippen MR) is 39.9 cm³/mol. The zero-order valence-corrected chi connectivity index (χ0v) is 6.28. The van der Waals surface area contributed by atoms with E-state index in [1.54, 1.807) is 12.2 Å². The Hall–Kier alpha value is -1.09. The molecule has 3 nitrogen and oxygen atoms in total. The number of hydrogen-bond acceptors (Lipinski definition) is 3. The van der Waals surface area contributed by atoms with E-state index in [0.29, 0.717) is 12.0 Å². The number of rotatable bonds is 1. The van der Waals surface area contributed by atoms with E-state index in [-0.39, 0.29) is 0 Å². The molecule has 0 radical (unpaired) electrons. The summed E-state index contributed by atoms with van der Waals surface area (Å²) in [5.74, 6) is -0.403. The minimum Gasteiger partial charge on any atom is -0.465 e. The molecular formula is C8H10O3. The third kappa shape index (κ3) is 1.91. The number of hydrogen-bond donors (Lipinski definition) is 1. The van der Waals surface area contributed by atoms with Crippen molar-refractivity contribution in [3.05, 3.63) is 23.8 Å². The Labute approximate surface area is 65.0 Å². The maximum Gasteiger partial charge on any atom is 0.337 e. The second-order valence-corrected chi connectivity index (χ2v) is 2.32. The van der Waals surface area contributed by atoms with E-state index < -0.39 is 12.1 Å². The molecule has 0 fully saturated rings. The summed E-state index contributed by atoms with van der Waals surface area (Å²) in [5.41, 5.74) is 0.422. The van der Waals surface area contributed by atoms with Crippen molar-refractivity contribution in [1.82, 2.24) is 0 Å². The fraction of sp³-hybridized carbons (Fsp3) is 0.375. The quantitative estimate of drug-likeness (QED) is 0.556. The summed E-state index contributed by atoms with van der Waals surface area (Å²) in [6, 6.07) is 0. The van der Waals surface area contributed by atoms with E-state index in [9.17, 15) is 4.79 Å². The van der Waals surface area contributed by atoms with Crippen molar-refractivity contribution in [2.45, 2.75) is 12.5 Å². The smallest absolute Gasteiger partial charge is 0.337 e. The molecule has 1 rings (SSSR count). The van der Waals surface area contributed by atoms with Crippen LogP contribution < -0.4 is 0 Å². The third-order valence-corrected chi connectivity index (χ3v) is 1.47. The molecule has 1 N–H and O–H groups in total. The molecule has 1 atom stereocenters. The van der Waals surface area contributed by atoms with Crippen LogP contribution in [0.15, 0.2) is 23.8 Å². The van der Waals surface area contributed by atoms with Gasteiger partial charge in [-0.2, -0.15) is 0 Å². The SMILES string of the molecule is COC(=O)C1=C[C@@H](O)CC=C1. The van der Waals surface area contributed by atoms with Gasteiger partial charge in [-0.05, 0) is 12.5 Å². The number of esters is 1. The van der Waals surface area contributed by atoms with Crippen LogP contribution in [0.4, 0.5) is 0 Å². The number of carbonyl (C=O) groups excluding carboxylic acids is 1. The van der Waals surface area contributed by atoms with Gasteiger partial charge in [0.05, 0.1) is 18.8 Å². The zero-order valence-electron chi connectivity index (χ0n) is 6.28. The second-order valence-electron chi connectivity index (χ2n) is 2.32. The molecule has 0 amide bonds. The lowest BCUT2D eigenvalue weighted by molar-refractivity contribution is -0.135. The standard InChI is InChI=1S/C8H10O3/c1-11-8(10)6-3-2-4-7(9)5-6/h2-3,5,7,9H,4H2,1H3/t7-/m0/s1. The lowest BCUT2D eigenvalue weighted by atomic mass is 10.1. The number of aliphatic hydroxyl groups excluding tert-OH is 1. The summed E-state index contributed by atoms with van der Waals surface area (Å²) < 4.78 is 4.47. The highest BCUT2D eigenvalue weighted by molar-refractivity contribution is 5.91. The highest BCUT2D eigenvalue weighted by atomic mass is 16.5. The van der Waals surface area contributed by atoms with Gasteiger partial charge in [0.1, 0.15) is 0 Å². The van der Waals surface area contributed by atoms with Crippen molar-refractivity contribution in [3.8, 4) is 0 Å². The highest BCUT2D eigenvalue weighted by Crippen LogP contribution is 2.11. The Morgan fingerprint density at radius 1 is 1.82 bits per heavy atom. The lowest BCUT2D eigenvalue weighted by Crippen LogP contribution is -2.11. The summed E-state index contributed by atoms with van der Waals surface area (Å²) in [4.78, 5) is 10.9. The molecule has 0 aromatic rings. The van der Waals surface area contributed by atoms with Gasteiger partial charge >= 0.3 is 5.97 Å². The molecule has 0 bridgehead atoms. The molecule has 1 aliphatic rings. The van der Waals surface area contributed by atoms with Gasteiger partial charge in [-0.25, -0.2) is 4.79 Å². The van der Waals surface area contributed by atoms with Crippen LogP contribution in [0.1, 0.15) is 6.42 Å². The molecule has 11 heavy (non-hydrogen) atoms. The van der Waals surface area contributed by atoms with Gasteiger partial charge in [0.2, 0.25) is 0 Å². The van der Waals surface area contributed by atoms with Gasteiger partial charge in [-0.3, -0.25) is 0 Å². The maximum atomic E-state index is 10.9. The normalized spacial score (nSPS) is 22.7. The topological polar surface area (TPSA) is 46.5 Å². The van der Waals surface area contributed by atoms with E-state index in [0.717, 1.165) is 0 Å². The van der Waals surface area contributed by atoms with Gasteiger partial charge in [0.15, 0.2) is 0 Å². The summed E-state index contributed by atoms with van der Waals surface area (Å²) in [6.07, 6.45) is 4.91. The Morgan fingerprint density at radius 3 is 3.09 bits per heavy atom. The van der Waals surface area contributed by atoms with Gasteiger partial charge in [0, 0.05) is 0 Å². The van der Waals surface area contributed by atoms with Gasteiger partial charge in [0.25, 0.3) is 0 Å². The predicted octanol–water partition coefficient (Wildman–Crippen LogP) is 0.407. The molecule has 60 valence electrons. The first-order valence-electron chi connectivity index (χ1n) is 3.39. The molecular weight excluding hydrogens is 144 g/mol. The average Bonchev–Trinajstić information content (AvgIpc) is 2.03. The lowest BCUT2D eigenvalue weighted by Gasteiger charge is -2.08. The van der Waals surface area contributed by atoms with Crippen molar-refractivity contribution < 1.29 is 14.6 Å². The van der Waals surface area contributed by atoms with E-state index in [4.69, 9.17) is 5.11 Å². The number of methoxy groups -OCH3 is 1. The van der Waals surface area contributed by atoms with E-state index in [2.05, 4.69) is 4.74 Å². The number of carbonyl (C=O) groups is 1. The van der Waals surface area contributed by atoms with Crippen molar-refractivity contribution >= 4 is 5.97 Å². The number of aliphatic hydroxyl groups is 1. The fourth-order valence-electron chi connectivity index (χ4n) is 0.919. The molecule has 0 heterocycles. The second kappa shape index (κ2) is 3.34. The Bertz CT molecular complexity index is 215. The Balaban J connectivity index is 2.71. The molecule has 0 saturated heterocycles. The van der Waals surface area contributed by atoms with Crippen molar-refractivity contribution in [2.75, 3.05) is 7.11 Å². The van der Waals surface area contributed by atoms with Crippen molar-refractivity contribution in [2.24, 2.45) is 0 Å². The molecule has 1 aliphatic carbocycles. The largest absolute Gasteiger partial charge is 0.465 e. The van der Waals surface area contributed by atoms with Gasteiger partial charge in [-0.1, -0.05) is 12.2 Å². The van der Waals surface area contributed by atoms with Crippen molar-refractivity contribution in [1.29, 1.82) is 0 Å². The zero-order chi connectivity index (χ0) is 8.27. The average molecular weight is 154 g/mol. The molecule has 0 aromatic carbocycles. The number of ether oxygens (including phenoxy) is 1. The van der Waals surface area contributed by atoms with Crippen LogP contribution in [0.3, 0.4) is 0 Å². The van der Waals surface area contributed by atoms with Gasteiger partial charge < -0.3 is 9.84 Å². The summed E-state index contributed by atoms with van der Waals surface area (Å²) in [7, 11) is 1.32. The van der Waals surface area contributed by atoms with Crippen LogP contribution in [0.5, 0.6) is 0 Å². The maximum absolute atomic E-state index is 10.9. The first kappa shape index (κ1) is 8.01. The van der Waals surface area contributed by atoms with Crippen LogP contribution in [-0.2, 0) is 9.53 Å². The Morgan fingerprint density at radius 2 is 2.55 bits per heavy atom. The monoisotopic (exact) mass is 154 g/mol. The van der Waals surface area contributed by atoms with Crippen molar-refractivity contribution in [3.63, 3.8) is 0 Å². The third-order valence-electron chi connectivity index (χ3n) is 1.47. The van der Waals surface area contributed by atoms with Crippen LogP contribution in [-0.4, -0.2) is 24.3 Å². The minimum absolute atomic E-state index is 0.403. The van der Waals surface area contributed by atoms with Crippen LogP contribution in [0.2, 0.25) is 0 Å². The molecule has 0 aliphatic heterocycles. The summed E-state index contributed by atoms with van der Waals surface area (Å²) >= 11 is 0. The van der Waals surface area contributed by atoms with Crippen LogP contribution in [0, 0.1) is 0 Å². The van der Waals surface area contributed by atoms with E-state index in [1.165, 1.54) is 13.2 Å². The summed E-state index contributed by atoms with van der Waals surface area (Å²) in [6.45, 7) is 0. The fourth-order valence-corrected chi connectivity index (χ4v) is 0.919. The summed E-state index contributed by atoms with van der Waals surface area (Å²) in [5, 5.41) is 9.09. The Kier molecular flexibility index (Phi) is 2.44. The molecule has 0 aromatic heterocycles. The van der Waals surface area contributed by atoms with Crippen LogP contribution >= 0.6 is 0 Å². The molecule has 3 heteroatoms. The van der Waals surface area contributed by atoms with E-state index in [1.807, 2.05) is 0 Å². The van der Waals surface area contributed by atoms with Crippen LogP contribution in [0.25, 0.3) is 0 Å². The first-order chi connectivity index (χ1) is 5.24. The molecule has 0 unspecified atom stereocenters. The molecule has 0 spiro atoms. The highest BCUT2D eigenvalue weighted by Gasteiger charge is 2.11. The molecule has 0 saturated carbocycles. The van der Waals surface area contributed by atoms with E-state index >= 15 is 0 Å². The first-order valence-corrected chi connectivity index (χ1v) is 3.39. The minimum atomic E-state index is -0.547. The van der Waals surface area contributed by atoms with Gasteiger partial charge in [-0.15, -0.1) is 0 Å².